The van der Waals surface area contributed by atoms with Crippen LogP contribution in [-0.4, -0.2) is 51.2 Å². The number of hydrogen-bond acceptors (Lipinski definition) is 4. The highest BCUT2D eigenvalue weighted by Crippen LogP contribution is 2.28. The first-order valence-electron chi connectivity index (χ1n) is 8.29. The van der Waals surface area contributed by atoms with Gasteiger partial charge in [-0.3, -0.25) is 18.3 Å². The van der Waals surface area contributed by atoms with Crippen molar-refractivity contribution in [2.45, 2.75) is 31.8 Å². The van der Waals surface area contributed by atoms with E-state index in [2.05, 4.69) is 0 Å². The van der Waals surface area contributed by atoms with Gasteiger partial charge in [-0.15, -0.1) is 0 Å². The fourth-order valence-corrected chi connectivity index (χ4v) is 4.19. The van der Waals surface area contributed by atoms with Crippen LogP contribution < -0.4 is 5.56 Å². The van der Waals surface area contributed by atoms with Gasteiger partial charge in [0.05, 0.1) is 16.6 Å². The molecular weight excluding hydrogens is 326 g/mol. The molecule has 1 saturated heterocycles. The van der Waals surface area contributed by atoms with E-state index < -0.39 is 0 Å². The van der Waals surface area contributed by atoms with Gasteiger partial charge in [0.2, 0.25) is 11.8 Å². The highest BCUT2D eigenvalue weighted by atomic mass is 32.1. The number of carbonyl (C=O) groups excluding carboxylic acids is 2. The zero-order valence-corrected chi connectivity index (χ0v) is 14.1. The summed E-state index contributed by atoms with van der Waals surface area (Å²) in [6, 6.07) is 7.87. The van der Waals surface area contributed by atoms with Gasteiger partial charge in [0.1, 0.15) is 0 Å². The molecule has 1 aliphatic carbocycles. The molecular formula is C17H19N3O3S. The molecule has 0 spiro atoms. The number of carbonyl (C=O) groups is 2. The molecule has 2 heterocycles. The van der Waals surface area contributed by atoms with Crippen molar-refractivity contribution in [3.05, 3.63) is 34.6 Å². The lowest BCUT2D eigenvalue weighted by molar-refractivity contribution is -0.145. The summed E-state index contributed by atoms with van der Waals surface area (Å²) >= 11 is 1.38. The van der Waals surface area contributed by atoms with Gasteiger partial charge in [0, 0.05) is 32.1 Å². The Bertz CT molecular complexity index is 852. The van der Waals surface area contributed by atoms with Gasteiger partial charge in [0.25, 0.3) is 5.56 Å². The molecule has 1 aromatic heterocycles. The van der Waals surface area contributed by atoms with Crippen LogP contribution in [0.5, 0.6) is 0 Å². The van der Waals surface area contributed by atoms with Gasteiger partial charge in [-0.1, -0.05) is 23.7 Å². The van der Waals surface area contributed by atoms with Crippen LogP contribution in [0.2, 0.25) is 0 Å². The third-order valence-electron chi connectivity index (χ3n) is 4.68. The lowest BCUT2D eigenvalue weighted by atomic mass is 10.2. The Morgan fingerprint density at radius 2 is 1.96 bits per heavy atom. The Labute approximate surface area is 143 Å². The molecule has 0 bridgehead atoms. The maximum Gasteiger partial charge on any atom is 0.268 e. The fraction of sp³-hybridized carbons (Fsp3) is 0.471. The van der Waals surface area contributed by atoms with E-state index in [4.69, 9.17) is 0 Å². The number of rotatable bonds is 4. The maximum atomic E-state index is 12.4. The third kappa shape index (κ3) is 2.84. The molecule has 2 fully saturated rings. The Morgan fingerprint density at radius 3 is 2.67 bits per heavy atom. The van der Waals surface area contributed by atoms with Crippen LogP contribution in [0.3, 0.4) is 0 Å². The number of benzene rings is 1. The van der Waals surface area contributed by atoms with Gasteiger partial charge in [-0.05, 0) is 25.0 Å². The van der Waals surface area contributed by atoms with Crippen molar-refractivity contribution in [1.29, 1.82) is 0 Å². The summed E-state index contributed by atoms with van der Waals surface area (Å²) in [5.41, 5.74) is -0.0435. The van der Waals surface area contributed by atoms with Crippen LogP contribution in [0.25, 0.3) is 10.1 Å². The molecule has 0 N–H and O–H groups in total. The molecule has 0 atom stereocenters. The van der Waals surface area contributed by atoms with Crippen molar-refractivity contribution in [3.63, 3.8) is 0 Å². The van der Waals surface area contributed by atoms with Crippen LogP contribution in [-0.2, 0) is 16.1 Å². The molecule has 1 aliphatic heterocycles. The normalized spacial score (nSPS) is 18.4. The minimum absolute atomic E-state index is 0.0435. The summed E-state index contributed by atoms with van der Waals surface area (Å²) in [5.74, 6) is -0.000665. The lowest BCUT2D eigenvalue weighted by Crippen LogP contribution is -2.53. The molecule has 6 nitrogen and oxygen atoms in total. The summed E-state index contributed by atoms with van der Waals surface area (Å²) in [5, 5.41) is 0.697. The Kier molecular flexibility index (Phi) is 3.88. The molecule has 1 aromatic carbocycles. The fourth-order valence-electron chi connectivity index (χ4n) is 3.19. The van der Waals surface area contributed by atoms with Crippen molar-refractivity contribution in [3.8, 4) is 0 Å². The van der Waals surface area contributed by atoms with Crippen molar-refractivity contribution >= 4 is 33.4 Å². The summed E-state index contributed by atoms with van der Waals surface area (Å²) in [4.78, 5) is 40.3. The second-order valence-corrected chi connectivity index (χ2v) is 7.44. The van der Waals surface area contributed by atoms with E-state index in [-0.39, 0.29) is 30.3 Å². The Balaban J connectivity index is 1.38. The first-order valence-corrected chi connectivity index (χ1v) is 9.07. The maximum absolute atomic E-state index is 12.4. The van der Waals surface area contributed by atoms with Gasteiger partial charge in [-0.2, -0.15) is 0 Å². The zero-order valence-electron chi connectivity index (χ0n) is 13.3. The molecule has 126 valence electrons. The molecule has 0 unspecified atom stereocenters. The van der Waals surface area contributed by atoms with Crippen LogP contribution in [0.4, 0.5) is 0 Å². The largest absolute Gasteiger partial charge is 0.336 e. The highest BCUT2D eigenvalue weighted by molar-refractivity contribution is 7.13. The highest BCUT2D eigenvalue weighted by Gasteiger charge is 2.36. The smallest absolute Gasteiger partial charge is 0.268 e. The first-order chi connectivity index (χ1) is 11.6. The van der Waals surface area contributed by atoms with Crippen molar-refractivity contribution < 1.29 is 9.59 Å². The quantitative estimate of drug-likeness (QED) is 0.839. The summed E-state index contributed by atoms with van der Waals surface area (Å²) in [7, 11) is 0. The summed E-state index contributed by atoms with van der Waals surface area (Å²) < 4.78 is 2.56. The van der Waals surface area contributed by atoms with Crippen LogP contribution >= 0.6 is 11.5 Å². The predicted octanol–water partition coefficient (Wildman–Crippen LogP) is 1.29. The van der Waals surface area contributed by atoms with E-state index in [1.54, 1.807) is 8.86 Å². The number of amides is 2. The van der Waals surface area contributed by atoms with Crippen molar-refractivity contribution in [2.75, 3.05) is 19.6 Å². The van der Waals surface area contributed by atoms with Crippen molar-refractivity contribution in [1.82, 2.24) is 13.8 Å². The molecule has 7 heteroatoms. The van der Waals surface area contributed by atoms with Crippen LogP contribution in [0.15, 0.2) is 29.1 Å². The summed E-state index contributed by atoms with van der Waals surface area (Å²) in [6.45, 7) is 1.78. The number of hydrogen-bond donors (Lipinski definition) is 0. The van der Waals surface area contributed by atoms with Gasteiger partial charge in [0.15, 0.2) is 0 Å². The van der Waals surface area contributed by atoms with E-state index >= 15 is 0 Å². The molecule has 2 aliphatic rings. The minimum atomic E-state index is -0.0526. The molecule has 24 heavy (non-hydrogen) atoms. The van der Waals surface area contributed by atoms with Crippen molar-refractivity contribution in [2.24, 2.45) is 0 Å². The van der Waals surface area contributed by atoms with E-state index in [0.717, 1.165) is 17.5 Å². The summed E-state index contributed by atoms with van der Waals surface area (Å²) in [6.07, 6.45) is 2.44. The second kappa shape index (κ2) is 6.05. The Hall–Kier alpha value is -2.15. The van der Waals surface area contributed by atoms with E-state index in [0.29, 0.717) is 31.1 Å². The monoisotopic (exact) mass is 345 g/mol. The number of aromatic nitrogens is 1. The average Bonchev–Trinajstić information content (AvgIpc) is 3.38. The van der Waals surface area contributed by atoms with E-state index in [9.17, 15) is 14.4 Å². The van der Waals surface area contributed by atoms with E-state index in [1.165, 1.54) is 11.5 Å². The number of fused-ring (bicyclic) bond motifs is 1. The van der Waals surface area contributed by atoms with Gasteiger partial charge >= 0.3 is 0 Å². The van der Waals surface area contributed by atoms with Gasteiger partial charge < -0.3 is 9.80 Å². The van der Waals surface area contributed by atoms with E-state index in [1.807, 2.05) is 29.2 Å². The zero-order chi connectivity index (χ0) is 16.7. The first kappa shape index (κ1) is 15.4. The van der Waals surface area contributed by atoms with Crippen LogP contribution in [0.1, 0.15) is 19.3 Å². The SMILES string of the molecule is O=C(CCn1sc2ccccc2c1=O)N1CCN(C2CC2)C(=O)C1. The predicted molar refractivity (Wildman–Crippen MR) is 92.0 cm³/mol. The number of piperazine rings is 1. The standard InChI is InChI=1S/C17H19N3O3S/c21-15(18-9-10-19(12-5-6-12)16(22)11-18)7-8-20-17(23)13-3-1-2-4-14(13)24-20/h1-4,12H,5-11H2. The average molecular weight is 345 g/mol. The molecule has 1 saturated carbocycles. The van der Waals surface area contributed by atoms with Crippen LogP contribution in [0, 0.1) is 0 Å². The second-order valence-electron chi connectivity index (χ2n) is 6.38. The Morgan fingerprint density at radius 1 is 1.17 bits per heavy atom. The number of nitrogens with zero attached hydrogens (tertiary/aromatic N) is 3. The molecule has 4 rings (SSSR count). The molecule has 2 amide bonds. The minimum Gasteiger partial charge on any atom is -0.336 e. The third-order valence-corrected chi connectivity index (χ3v) is 5.80. The molecule has 0 radical (unpaired) electrons. The topological polar surface area (TPSA) is 62.6 Å². The number of aryl methyl sites for hydroxylation is 1. The van der Waals surface area contributed by atoms with Gasteiger partial charge in [-0.25, -0.2) is 0 Å². The molecule has 2 aromatic rings. The lowest BCUT2D eigenvalue weighted by Gasteiger charge is -2.34.